The highest BCUT2D eigenvalue weighted by molar-refractivity contribution is 6.36. The molecule has 2 fully saturated rings. The molecule has 0 spiro atoms. The maximum Gasteiger partial charge on any atom is 0.414 e. The lowest BCUT2D eigenvalue weighted by atomic mass is 9.64. The van der Waals surface area contributed by atoms with Crippen molar-refractivity contribution in [1.29, 1.82) is 0 Å². The average molecular weight is 533 g/mol. The first-order valence-corrected chi connectivity index (χ1v) is 11.8. The van der Waals surface area contributed by atoms with Gasteiger partial charge in [-0.2, -0.15) is 13.2 Å². The number of aliphatic hydroxyl groups is 2. The van der Waals surface area contributed by atoms with Crippen LogP contribution in [0, 0.1) is 17.8 Å². The maximum absolute atomic E-state index is 13.3. The van der Waals surface area contributed by atoms with Gasteiger partial charge in [-0.25, -0.2) is 8.78 Å². The van der Waals surface area contributed by atoms with Crippen LogP contribution >= 0.6 is 23.2 Å². The van der Waals surface area contributed by atoms with Gasteiger partial charge in [0.1, 0.15) is 0 Å². The fourth-order valence-corrected chi connectivity index (χ4v) is 6.11. The topological polar surface area (TPSA) is 73.7 Å². The van der Waals surface area contributed by atoms with Crippen LogP contribution in [0.15, 0.2) is 6.20 Å². The van der Waals surface area contributed by atoms with E-state index in [1.54, 1.807) is 11.8 Å². The molecule has 6 atom stereocenters. The number of hydrogen-bond donors (Lipinski definition) is 2. The number of alkyl halides is 5. The quantitative estimate of drug-likeness (QED) is 0.524. The van der Waals surface area contributed by atoms with Crippen LogP contribution in [0.1, 0.15) is 50.8 Å². The number of aliphatic hydroxyl groups excluding tert-OH is 1. The maximum atomic E-state index is 13.3. The Balaban J connectivity index is 1.80. The second kappa shape index (κ2) is 10.0. The van der Waals surface area contributed by atoms with E-state index in [4.69, 9.17) is 23.2 Å². The van der Waals surface area contributed by atoms with Crippen molar-refractivity contribution in [3.05, 3.63) is 27.5 Å². The molecule has 1 unspecified atom stereocenters. The summed E-state index contributed by atoms with van der Waals surface area (Å²) in [4.78, 5) is 18.4. The second-order valence-corrected chi connectivity index (χ2v) is 10.2. The highest BCUT2D eigenvalue weighted by Crippen LogP contribution is 2.47. The Morgan fingerprint density at radius 3 is 2.47 bits per heavy atom. The van der Waals surface area contributed by atoms with Crippen LogP contribution in [0.25, 0.3) is 0 Å². The normalized spacial score (nSPS) is 28.4. The molecule has 34 heavy (non-hydrogen) atoms. The molecule has 12 heteroatoms. The highest BCUT2D eigenvalue weighted by Gasteiger charge is 2.51. The van der Waals surface area contributed by atoms with Crippen LogP contribution in [0.5, 0.6) is 0 Å². The first kappa shape index (κ1) is 27.4. The van der Waals surface area contributed by atoms with E-state index < -0.39 is 47.9 Å². The molecule has 1 aliphatic heterocycles. The zero-order valence-electron chi connectivity index (χ0n) is 18.6. The summed E-state index contributed by atoms with van der Waals surface area (Å²) >= 11 is 12.4. The average Bonchev–Trinajstić information content (AvgIpc) is 2.75. The molecule has 1 aromatic rings. The third-order valence-corrected chi connectivity index (χ3v) is 8.08. The number of carbonyl (C=O) groups is 1. The first-order valence-electron chi connectivity index (χ1n) is 11.1. The standard InChI is InChI=1S/C22H27Cl2F5N2O3/c1-10-11-4-3-5-13(19(33)22(27,28)29)12(11)6-7-31(10)16(32)8-14-15(23)9-30-18(17(14)24)21(2,34)20(25)26/h9-13,19-20,33-34H,3-8H2,1-2H3/t10-,11-,12+,13-,19-,21?/m0/s1. The summed E-state index contributed by atoms with van der Waals surface area (Å²) in [7, 11) is 0. The predicted molar refractivity (Wildman–Crippen MR) is 116 cm³/mol. The Morgan fingerprint density at radius 2 is 1.88 bits per heavy atom. The van der Waals surface area contributed by atoms with Crippen LogP contribution in [0.2, 0.25) is 10.0 Å². The zero-order valence-corrected chi connectivity index (χ0v) is 20.1. The number of likely N-dealkylation sites (tertiary alicyclic amines) is 1. The summed E-state index contributed by atoms with van der Waals surface area (Å²) in [5.74, 6) is -1.92. The Hall–Kier alpha value is -1.23. The number of pyridine rings is 1. The molecule has 5 nitrogen and oxygen atoms in total. The number of halogens is 7. The van der Waals surface area contributed by atoms with Crippen LogP contribution in [0.4, 0.5) is 22.0 Å². The van der Waals surface area contributed by atoms with Crippen molar-refractivity contribution in [2.75, 3.05) is 6.54 Å². The zero-order chi connectivity index (χ0) is 25.6. The summed E-state index contributed by atoms with van der Waals surface area (Å²) in [6.45, 7) is 2.80. The Morgan fingerprint density at radius 1 is 1.24 bits per heavy atom. The van der Waals surface area contributed by atoms with Gasteiger partial charge in [-0.3, -0.25) is 9.78 Å². The van der Waals surface area contributed by atoms with Gasteiger partial charge in [-0.05, 0) is 50.9 Å². The van der Waals surface area contributed by atoms with Crippen LogP contribution < -0.4 is 0 Å². The number of aromatic nitrogens is 1. The molecule has 192 valence electrons. The van der Waals surface area contributed by atoms with E-state index >= 15 is 0 Å². The van der Waals surface area contributed by atoms with Crippen LogP contribution in [0.3, 0.4) is 0 Å². The lowest BCUT2D eigenvalue weighted by molar-refractivity contribution is -0.233. The molecule has 3 rings (SSSR count). The van der Waals surface area contributed by atoms with Crippen molar-refractivity contribution >= 4 is 29.1 Å². The number of fused-ring (bicyclic) bond motifs is 1. The Kier molecular flexibility index (Phi) is 8.07. The SMILES string of the molecule is C[C@H]1[C@@H]2CCC[C@H]([C@H](O)C(F)(F)F)[C@@H]2CCN1C(=O)Cc1c(Cl)cnc(C(C)(O)C(F)F)c1Cl. The number of amides is 1. The van der Waals surface area contributed by atoms with E-state index in [1.165, 1.54) is 0 Å². The minimum Gasteiger partial charge on any atom is -0.383 e. The minimum atomic E-state index is -4.70. The molecule has 0 bridgehead atoms. The molecule has 2 heterocycles. The molecular weight excluding hydrogens is 506 g/mol. The Labute approximate surface area is 204 Å². The molecule has 0 aromatic carbocycles. The summed E-state index contributed by atoms with van der Waals surface area (Å²) < 4.78 is 66.1. The number of hydrogen-bond acceptors (Lipinski definition) is 4. The van der Waals surface area contributed by atoms with E-state index in [-0.39, 0.29) is 46.8 Å². The summed E-state index contributed by atoms with van der Waals surface area (Å²) in [6.07, 6.45) is -7.86. The molecule has 2 aliphatic rings. The summed E-state index contributed by atoms with van der Waals surface area (Å²) in [5.41, 5.74) is -3.11. The van der Waals surface area contributed by atoms with Crippen molar-refractivity contribution in [2.45, 2.75) is 76.3 Å². The fourth-order valence-electron chi connectivity index (χ4n) is 5.45. The molecule has 1 amide bonds. The van der Waals surface area contributed by atoms with Gasteiger partial charge in [0.25, 0.3) is 6.43 Å². The molecule has 0 radical (unpaired) electrons. The molecular formula is C22H27Cl2F5N2O3. The molecule has 2 N–H and O–H groups in total. The van der Waals surface area contributed by atoms with Crippen molar-refractivity contribution in [3.8, 4) is 0 Å². The number of rotatable bonds is 5. The molecule has 1 aliphatic carbocycles. The second-order valence-electron chi connectivity index (χ2n) is 9.40. The van der Waals surface area contributed by atoms with Gasteiger partial charge < -0.3 is 15.1 Å². The molecule has 1 saturated heterocycles. The minimum absolute atomic E-state index is 0.0271. The van der Waals surface area contributed by atoms with E-state index in [9.17, 15) is 37.0 Å². The van der Waals surface area contributed by atoms with E-state index in [0.717, 1.165) is 13.1 Å². The van der Waals surface area contributed by atoms with Gasteiger partial charge in [0, 0.05) is 24.3 Å². The van der Waals surface area contributed by atoms with Crippen molar-refractivity contribution < 1.29 is 37.0 Å². The van der Waals surface area contributed by atoms with Crippen molar-refractivity contribution in [1.82, 2.24) is 9.88 Å². The fraction of sp³-hybridized carbons (Fsp3) is 0.727. The molecule has 1 saturated carbocycles. The smallest absolute Gasteiger partial charge is 0.383 e. The van der Waals surface area contributed by atoms with E-state index in [0.29, 0.717) is 19.3 Å². The lowest BCUT2D eigenvalue weighted by Crippen LogP contribution is -2.55. The summed E-state index contributed by atoms with van der Waals surface area (Å²) in [6, 6.07) is -0.391. The van der Waals surface area contributed by atoms with E-state index in [2.05, 4.69) is 4.98 Å². The number of nitrogens with zero attached hydrogens (tertiary/aromatic N) is 2. The van der Waals surface area contributed by atoms with Crippen molar-refractivity contribution in [2.24, 2.45) is 17.8 Å². The third-order valence-electron chi connectivity index (χ3n) is 7.35. The van der Waals surface area contributed by atoms with Gasteiger partial charge in [0.2, 0.25) is 5.91 Å². The molecule has 1 aromatic heterocycles. The van der Waals surface area contributed by atoms with Crippen LogP contribution in [-0.2, 0) is 16.8 Å². The van der Waals surface area contributed by atoms with Crippen LogP contribution in [-0.4, -0.2) is 57.3 Å². The van der Waals surface area contributed by atoms with Gasteiger partial charge in [0.15, 0.2) is 11.7 Å². The third kappa shape index (κ3) is 5.15. The van der Waals surface area contributed by atoms with E-state index in [1.807, 2.05) is 0 Å². The number of piperidine rings is 1. The predicted octanol–water partition coefficient (Wildman–Crippen LogP) is 4.98. The largest absolute Gasteiger partial charge is 0.414 e. The van der Waals surface area contributed by atoms with Gasteiger partial charge in [0.05, 0.1) is 22.2 Å². The van der Waals surface area contributed by atoms with Crippen molar-refractivity contribution in [3.63, 3.8) is 0 Å². The van der Waals surface area contributed by atoms with Gasteiger partial charge in [-0.15, -0.1) is 0 Å². The lowest BCUT2D eigenvalue weighted by Gasteiger charge is -2.50. The van der Waals surface area contributed by atoms with Gasteiger partial charge in [-0.1, -0.05) is 29.6 Å². The monoisotopic (exact) mass is 532 g/mol. The highest BCUT2D eigenvalue weighted by atomic mass is 35.5. The number of carbonyl (C=O) groups excluding carboxylic acids is 1. The summed E-state index contributed by atoms with van der Waals surface area (Å²) in [5, 5.41) is 19.6. The van der Waals surface area contributed by atoms with Gasteiger partial charge >= 0.3 is 6.18 Å². The Bertz CT molecular complexity index is 915. The first-order chi connectivity index (χ1) is 15.7.